The van der Waals surface area contributed by atoms with Crippen LogP contribution >= 0.6 is 11.3 Å². The molecule has 1 aliphatic heterocycles. The van der Waals surface area contributed by atoms with Crippen molar-refractivity contribution in [2.24, 2.45) is 0 Å². The second-order valence-corrected chi connectivity index (χ2v) is 8.37. The minimum Gasteiger partial charge on any atom is -0.493 e. The summed E-state index contributed by atoms with van der Waals surface area (Å²) in [6.07, 6.45) is 4.35. The average Bonchev–Trinajstić information content (AvgIpc) is 3.40. The zero-order valence-corrected chi connectivity index (χ0v) is 18.3. The number of carbonyl (C=O) groups excluding carboxylic acids is 1. The summed E-state index contributed by atoms with van der Waals surface area (Å²) in [5, 5.41) is 2.02. The SMILES string of the molecule is COc1ccc(-c2cn3c(CC(=O)N4CCCc5ccccc54)csc3n2)cc1OC. The summed E-state index contributed by atoms with van der Waals surface area (Å²) in [5.74, 6) is 1.46. The van der Waals surface area contributed by atoms with Crippen molar-refractivity contribution >= 4 is 27.9 Å². The molecule has 0 spiro atoms. The molecule has 0 unspecified atom stereocenters. The number of thiazole rings is 1. The third kappa shape index (κ3) is 3.55. The van der Waals surface area contributed by atoms with E-state index in [-0.39, 0.29) is 5.91 Å². The van der Waals surface area contributed by atoms with Crippen molar-refractivity contribution in [1.29, 1.82) is 0 Å². The monoisotopic (exact) mass is 433 g/mol. The van der Waals surface area contributed by atoms with Gasteiger partial charge in [0.15, 0.2) is 16.5 Å². The number of amides is 1. The topological polar surface area (TPSA) is 56.1 Å². The fourth-order valence-electron chi connectivity index (χ4n) is 4.13. The largest absolute Gasteiger partial charge is 0.493 e. The van der Waals surface area contributed by atoms with E-state index in [0.717, 1.165) is 47.0 Å². The van der Waals surface area contributed by atoms with Crippen LogP contribution in [-0.4, -0.2) is 36.1 Å². The standard InChI is InChI=1S/C24H23N3O3S/c1-29-21-10-9-17(12-22(21)30-2)19-14-27-18(15-31-24(27)25-19)13-23(28)26-11-5-7-16-6-3-4-8-20(16)26/h3-4,6,8-10,12,14-15H,5,7,11,13H2,1-2H3. The first kappa shape index (κ1) is 19.6. The molecule has 0 saturated carbocycles. The minimum atomic E-state index is 0.119. The lowest BCUT2D eigenvalue weighted by Crippen LogP contribution is -2.36. The molecule has 1 aliphatic rings. The molecule has 0 aliphatic carbocycles. The Morgan fingerprint density at radius 2 is 1.97 bits per heavy atom. The normalized spacial score (nSPS) is 13.3. The van der Waals surface area contributed by atoms with Gasteiger partial charge in [-0.25, -0.2) is 4.98 Å². The van der Waals surface area contributed by atoms with Crippen molar-refractivity contribution in [3.05, 3.63) is 65.3 Å². The molecule has 0 fully saturated rings. The summed E-state index contributed by atoms with van der Waals surface area (Å²) in [7, 11) is 3.24. The smallest absolute Gasteiger partial charge is 0.232 e. The summed E-state index contributed by atoms with van der Waals surface area (Å²) in [4.78, 5) is 20.7. The molecule has 0 N–H and O–H groups in total. The van der Waals surface area contributed by atoms with Crippen LogP contribution in [0.25, 0.3) is 16.2 Å². The highest BCUT2D eigenvalue weighted by Gasteiger charge is 2.23. The van der Waals surface area contributed by atoms with Crippen LogP contribution in [0.5, 0.6) is 11.5 Å². The molecule has 0 bridgehead atoms. The molecule has 2 aromatic carbocycles. The minimum absolute atomic E-state index is 0.119. The molecule has 5 rings (SSSR count). The molecule has 1 amide bonds. The van der Waals surface area contributed by atoms with Crippen LogP contribution in [0.1, 0.15) is 17.7 Å². The Labute approximate surface area is 184 Å². The first-order valence-corrected chi connectivity index (χ1v) is 11.1. The number of anilines is 1. The molecule has 2 aromatic heterocycles. The number of benzene rings is 2. The van der Waals surface area contributed by atoms with E-state index in [1.54, 1.807) is 25.6 Å². The van der Waals surface area contributed by atoms with Gasteiger partial charge in [-0.2, -0.15) is 0 Å². The van der Waals surface area contributed by atoms with Gasteiger partial charge in [0.1, 0.15) is 0 Å². The number of methoxy groups -OCH3 is 2. The van der Waals surface area contributed by atoms with Crippen LogP contribution in [-0.2, 0) is 17.6 Å². The van der Waals surface area contributed by atoms with Gasteiger partial charge in [-0.15, -0.1) is 11.3 Å². The number of aromatic nitrogens is 2. The van der Waals surface area contributed by atoms with E-state index in [1.165, 1.54) is 5.56 Å². The van der Waals surface area contributed by atoms with E-state index in [1.807, 2.05) is 57.3 Å². The number of carbonyl (C=O) groups is 1. The maximum Gasteiger partial charge on any atom is 0.232 e. The van der Waals surface area contributed by atoms with E-state index >= 15 is 0 Å². The maximum absolute atomic E-state index is 13.2. The Morgan fingerprint density at radius 1 is 1.13 bits per heavy atom. The van der Waals surface area contributed by atoms with Crippen molar-refractivity contribution in [2.45, 2.75) is 19.3 Å². The third-order valence-corrected chi connectivity index (χ3v) is 6.60. The van der Waals surface area contributed by atoms with Crippen LogP contribution in [0, 0.1) is 0 Å². The van der Waals surface area contributed by atoms with Crippen molar-refractivity contribution in [3.8, 4) is 22.8 Å². The van der Waals surface area contributed by atoms with Gasteiger partial charge in [0.25, 0.3) is 0 Å². The van der Waals surface area contributed by atoms with E-state index in [0.29, 0.717) is 17.9 Å². The molecular formula is C24H23N3O3S. The lowest BCUT2D eigenvalue weighted by molar-refractivity contribution is -0.118. The highest BCUT2D eigenvalue weighted by atomic mass is 32.1. The van der Waals surface area contributed by atoms with Crippen LogP contribution in [0.4, 0.5) is 5.69 Å². The van der Waals surface area contributed by atoms with Crippen molar-refractivity contribution < 1.29 is 14.3 Å². The lowest BCUT2D eigenvalue weighted by Gasteiger charge is -2.29. The van der Waals surface area contributed by atoms with E-state index in [4.69, 9.17) is 14.5 Å². The van der Waals surface area contributed by atoms with Gasteiger partial charge in [-0.05, 0) is 42.7 Å². The zero-order chi connectivity index (χ0) is 21.4. The van der Waals surface area contributed by atoms with Gasteiger partial charge >= 0.3 is 0 Å². The van der Waals surface area contributed by atoms with Crippen LogP contribution < -0.4 is 14.4 Å². The fourth-order valence-corrected chi connectivity index (χ4v) is 5.01. The summed E-state index contributed by atoms with van der Waals surface area (Å²) >= 11 is 1.55. The molecule has 31 heavy (non-hydrogen) atoms. The number of para-hydroxylation sites is 1. The number of hydrogen-bond acceptors (Lipinski definition) is 5. The van der Waals surface area contributed by atoms with Gasteiger partial charge in [0.05, 0.1) is 26.3 Å². The first-order chi connectivity index (χ1) is 15.2. The fraction of sp³-hybridized carbons (Fsp3) is 0.250. The molecule has 4 aromatic rings. The average molecular weight is 434 g/mol. The number of ether oxygens (including phenoxy) is 2. The molecule has 158 valence electrons. The predicted molar refractivity (Wildman–Crippen MR) is 122 cm³/mol. The quantitative estimate of drug-likeness (QED) is 0.462. The third-order valence-electron chi connectivity index (χ3n) is 5.71. The molecule has 3 heterocycles. The summed E-state index contributed by atoms with van der Waals surface area (Å²) in [6.45, 7) is 0.768. The predicted octanol–water partition coefficient (Wildman–Crippen LogP) is 4.60. The molecule has 0 saturated heterocycles. The number of aryl methyl sites for hydroxylation is 1. The van der Waals surface area contributed by atoms with Crippen LogP contribution in [0.2, 0.25) is 0 Å². The molecule has 7 heteroatoms. The Balaban J connectivity index is 1.43. The van der Waals surface area contributed by atoms with Gasteiger partial charge in [-0.1, -0.05) is 18.2 Å². The van der Waals surface area contributed by atoms with Gasteiger partial charge in [0.2, 0.25) is 5.91 Å². The number of imidazole rings is 1. The summed E-state index contributed by atoms with van der Waals surface area (Å²) in [6, 6.07) is 13.9. The number of nitrogens with zero attached hydrogens (tertiary/aromatic N) is 3. The van der Waals surface area contributed by atoms with Crippen LogP contribution in [0.3, 0.4) is 0 Å². The molecule has 6 nitrogen and oxygen atoms in total. The Morgan fingerprint density at radius 3 is 2.81 bits per heavy atom. The lowest BCUT2D eigenvalue weighted by atomic mass is 10.0. The van der Waals surface area contributed by atoms with Crippen LogP contribution in [0.15, 0.2) is 54.0 Å². The Bertz CT molecular complexity index is 1260. The summed E-state index contributed by atoms with van der Waals surface area (Å²) in [5.41, 5.74) is 5.02. The summed E-state index contributed by atoms with van der Waals surface area (Å²) < 4.78 is 12.8. The highest BCUT2D eigenvalue weighted by molar-refractivity contribution is 7.15. The first-order valence-electron chi connectivity index (χ1n) is 10.2. The second-order valence-electron chi connectivity index (χ2n) is 7.53. The van der Waals surface area contributed by atoms with E-state index in [2.05, 4.69) is 6.07 Å². The number of rotatable bonds is 5. The number of hydrogen-bond donors (Lipinski definition) is 0. The molecular weight excluding hydrogens is 410 g/mol. The Kier molecular flexibility index (Phi) is 5.11. The van der Waals surface area contributed by atoms with E-state index < -0.39 is 0 Å². The van der Waals surface area contributed by atoms with Gasteiger partial charge < -0.3 is 14.4 Å². The molecule has 0 atom stereocenters. The van der Waals surface area contributed by atoms with E-state index in [9.17, 15) is 4.79 Å². The zero-order valence-electron chi connectivity index (χ0n) is 17.5. The van der Waals surface area contributed by atoms with Crippen molar-refractivity contribution in [2.75, 3.05) is 25.7 Å². The Hall–Kier alpha value is -3.32. The van der Waals surface area contributed by atoms with Crippen molar-refractivity contribution in [3.63, 3.8) is 0 Å². The maximum atomic E-state index is 13.2. The highest BCUT2D eigenvalue weighted by Crippen LogP contribution is 2.33. The van der Waals surface area contributed by atoms with Gasteiger partial charge in [0, 0.05) is 35.1 Å². The second kappa shape index (κ2) is 8.07. The molecule has 0 radical (unpaired) electrons. The number of fused-ring (bicyclic) bond motifs is 2. The van der Waals surface area contributed by atoms with Gasteiger partial charge in [-0.3, -0.25) is 9.20 Å². The van der Waals surface area contributed by atoms with Crippen molar-refractivity contribution in [1.82, 2.24) is 9.38 Å².